The molecule has 0 unspecified atom stereocenters. The third kappa shape index (κ3) is 5.52. The summed E-state index contributed by atoms with van der Waals surface area (Å²) in [5, 5.41) is 3.34. The Labute approximate surface area is 194 Å². The average molecular weight is 447 g/mol. The number of carbonyl (C=O) groups is 1. The summed E-state index contributed by atoms with van der Waals surface area (Å²) in [5.74, 6) is 2.41. The lowest BCUT2D eigenvalue weighted by Gasteiger charge is -2.29. The number of amides is 1. The van der Waals surface area contributed by atoms with E-state index >= 15 is 0 Å². The van der Waals surface area contributed by atoms with Crippen LogP contribution < -0.4 is 15.0 Å². The van der Waals surface area contributed by atoms with Gasteiger partial charge in [0.15, 0.2) is 12.6 Å². The Morgan fingerprint density at radius 1 is 1.21 bits per heavy atom. The van der Waals surface area contributed by atoms with Crippen molar-refractivity contribution in [3.63, 3.8) is 0 Å². The molecule has 0 spiro atoms. The number of guanidine groups is 1. The van der Waals surface area contributed by atoms with Crippen LogP contribution in [0.2, 0.25) is 0 Å². The number of nitrogens with one attached hydrogen (secondary N) is 2. The van der Waals surface area contributed by atoms with E-state index in [1.807, 2.05) is 67.5 Å². The van der Waals surface area contributed by atoms with Crippen molar-refractivity contribution >= 4 is 17.6 Å². The van der Waals surface area contributed by atoms with Gasteiger partial charge in [-0.15, -0.1) is 0 Å². The Kier molecular flexibility index (Phi) is 7.24. The second kappa shape index (κ2) is 10.7. The highest BCUT2D eigenvalue weighted by atomic mass is 16.5. The molecule has 2 aromatic carbocycles. The summed E-state index contributed by atoms with van der Waals surface area (Å²) in [5.41, 5.74) is 2.93. The Hall–Kier alpha value is -3.81. The normalized spacial score (nSPS) is 13.5. The number of para-hydroxylation sites is 2. The van der Waals surface area contributed by atoms with Gasteiger partial charge in [0.05, 0.1) is 24.1 Å². The molecule has 4 rings (SSSR count). The maximum absolute atomic E-state index is 12.3. The van der Waals surface area contributed by atoms with E-state index in [1.165, 1.54) is 0 Å². The molecule has 8 heteroatoms. The zero-order valence-corrected chi connectivity index (χ0v) is 19.1. The number of aliphatic imine (C=N–C) groups is 1. The number of benzene rings is 2. The van der Waals surface area contributed by atoms with Crippen LogP contribution >= 0.6 is 0 Å². The van der Waals surface area contributed by atoms with Crippen molar-refractivity contribution in [1.82, 2.24) is 20.2 Å². The molecule has 3 aromatic rings. The van der Waals surface area contributed by atoms with Gasteiger partial charge in [0.25, 0.3) is 5.91 Å². The number of anilines is 1. The van der Waals surface area contributed by atoms with Crippen molar-refractivity contribution in [3.05, 3.63) is 66.6 Å². The molecule has 0 atom stereocenters. The van der Waals surface area contributed by atoms with Gasteiger partial charge in [0.1, 0.15) is 11.6 Å². The summed E-state index contributed by atoms with van der Waals surface area (Å²) in [6, 6.07) is 17.8. The zero-order chi connectivity index (χ0) is 23.0. The largest absolute Gasteiger partial charge is 0.482 e. The lowest BCUT2D eigenvalue weighted by atomic mass is 10.2. The zero-order valence-electron chi connectivity index (χ0n) is 19.1. The number of hydrogen-bond donors (Lipinski definition) is 2. The molecular formula is C25H30N6O2. The molecule has 2 N–H and O–H groups in total. The topological polar surface area (TPSA) is 85.8 Å². The molecule has 0 radical (unpaired) electrons. The lowest BCUT2D eigenvalue weighted by Crippen LogP contribution is -2.40. The minimum Gasteiger partial charge on any atom is -0.482 e. The van der Waals surface area contributed by atoms with Gasteiger partial charge in [0.2, 0.25) is 0 Å². The van der Waals surface area contributed by atoms with Crippen LogP contribution in [0, 0.1) is 0 Å². The van der Waals surface area contributed by atoms with Crippen molar-refractivity contribution in [2.75, 3.05) is 38.2 Å². The minimum absolute atomic E-state index is 0.0197. The van der Waals surface area contributed by atoms with Crippen LogP contribution in [0.3, 0.4) is 0 Å². The summed E-state index contributed by atoms with van der Waals surface area (Å²) >= 11 is 0. The number of fused-ring (bicyclic) bond motifs is 1. The number of aromatic nitrogens is 2. The fourth-order valence-electron chi connectivity index (χ4n) is 3.79. The Bertz CT molecular complexity index is 1100. The van der Waals surface area contributed by atoms with E-state index in [2.05, 4.69) is 27.4 Å². The van der Waals surface area contributed by atoms with Gasteiger partial charge < -0.3 is 24.8 Å². The van der Waals surface area contributed by atoms with E-state index in [0.29, 0.717) is 19.6 Å². The number of hydrogen-bond acceptors (Lipinski definition) is 4. The fraction of sp³-hybridized carbons (Fsp3) is 0.320. The Morgan fingerprint density at radius 3 is 2.82 bits per heavy atom. The van der Waals surface area contributed by atoms with Crippen LogP contribution in [0.1, 0.15) is 19.2 Å². The SMILES string of the molecule is CCNC(=NCCCN1C(=O)COc2ccccc21)N(C)Cc1ncc(-c2ccccc2)[nH]1. The van der Waals surface area contributed by atoms with Gasteiger partial charge in [-0.2, -0.15) is 0 Å². The van der Waals surface area contributed by atoms with E-state index in [0.717, 1.165) is 47.4 Å². The quantitative estimate of drug-likeness (QED) is 0.315. The van der Waals surface area contributed by atoms with E-state index in [-0.39, 0.29) is 12.5 Å². The summed E-state index contributed by atoms with van der Waals surface area (Å²) < 4.78 is 5.52. The smallest absolute Gasteiger partial charge is 0.265 e. The van der Waals surface area contributed by atoms with E-state index < -0.39 is 0 Å². The molecule has 0 fully saturated rings. The van der Waals surface area contributed by atoms with Crippen LogP contribution in [0.5, 0.6) is 5.75 Å². The van der Waals surface area contributed by atoms with Gasteiger partial charge in [-0.1, -0.05) is 42.5 Å². The van der Waals surface area contributed by atoms with Crippen LogP contribution in [0.25, 0.3) is 11.3 Å². The summed E-state index contributed by atoms with van der Waals surface area (Å²) in [6.45, 7) is 4.71. The number of nitrogens with zero attached hydrogens (tertiary/aromatic N) is 4. The van der Waals surface area contributed by atoms with E-state index in [1.54, 1.807) is 4.90 Å². The number of imidazole rings is 1. The summed E-state index contributed by atoms with van der Waals surface area (Å²) in [6.07, 6.45) is 2.61. The van der Waals surface area contributed by atoms with Crippen molar-refractivity contribution < 1.29 is 9.53 Å². The van der Waals surface area contributed by atoms with Gasteiger partial charge >= 0.3 is 0 Å². The maximum atomic E-state index is 12.3. The highest BCUT2D eigenvalue weighted by molar-refractivity contribution is 5.97. The first-order chi connectivity index (χ1) is 16.2. The molecule has 1 aliphatic rings. The molecule has 1 aliphatic heterocycles. The predicted octanol–water partition coefficient (Wildman–Crippen LogP) is 3.29. The van der Waals surface area contributed by atoms with Crippen molar-refractivity contribution in [3.8, 4) is 17.0 Å². The molecule has 2 heterocycles. The molecule has 0 saturated heterocycles. The molecule has 8 nitrogen and oxygen atoms in total. The van der Waals surface area contributed by atoms with Crippen molar-refractivity contribution in [1.29, 1.82) is 0 Å². The van der Waals surface area contributed by atoms with E-state index in [9.17, 15) is 4.79 Å². The second-order valence-electron chi connectivity index (χ2n) is 7.86. The molecular weight excluding hydrogens is 416 g/mol. The molecule has 0 saturated carbocycles. The van der Waals surface area contributed by atoms with Gasteiger partial charge in [0, 0.05) is 26.7 Å². The molecule has 0 bridgehead atoms. The minimum atomic E-state index is -0.0197. The summed E-state index contributed by atoms with van der Waals surface area (Å²) in [4.78, 5) is 28.9. The Balaban J connectivity index is 1.35. The number of ether oxygens (including phenoxy) is 1. The first-order valence-electron chi connectivity index (χ1n) is 11.3. The predicted molar refractivity (Wildman–Crippen MR) is 130 cm³/mol. The number of aromatic amines is 1. The fourth-order valence-corrected chi connectivity index (χ4v) is 3.79. The standard InChI is InChI=1S/C25H30N6O2/c1-3-26-25(30(2)17-23-28-16-20(29-23)19-10-5-4-6-11-19)27-14-9-15-31-21-12-7-8-13-22(21)33-18-24(31)32/h4-8,10-13,16H,3,9,14-15,17-18H2,1-2H3,(H,26,27)(H,28,29). The van der Waals surface area contributed by atoms with Gasteiger partial charge in [-0.05, 0) is 31.0 Å². The van der Waals surface area contributed by atoms with Crippen LogP contribution in [0.4, 0.5) is 5.69 Å². The molecule has 33 heavy (non-hydrogen) atoms. The van der Waals surface area contributed by atoms with Gasteiger partial charge in [-0.25, -0.2) is 4.98 Å². The van der Waals surface area contributed by atoms with Crippen LogP contribution in [0.15, 0.2) is 65.8 Å². The lowest BCUT2D eigenvalue weighted by molar-refractivity contribution is -0.121. The van der Waals surface area contributed by atoms with Crippen LogP contribution in [-0.2, 0) is 11.3 Å². The molecule has 0 aliphatic carbocycles. The van der Waals surface area contributed by atoms with E-state index in [4.69, 9.17) is 9.73 Å². The highest BCUT2D eigenvalue weighted by Gasteiger charge is 2.24. The molecule has 1 aromatic heterocycles. The number of H-pyrrole nitrogens is 1. The molecule has 172 valence electrons. The highest BCUT2D eigenvalue weighted by Crippen LogP contribution is 2.31. The average Bonchev–Trinajstić information content (AvgIpc) is 3.31. The summed E-state index contributed by atoms with van der Waals surface area (Å²) in [7, 11) is 1.99. The third-order valence-corrected chi connectivity index (χ3v) is 5.41. The first-order valence-corrected chi connectivity index (χ1v) is 11.3. The maximum Gasteiger partial charge on any atom is 0.265 e. The first kappa shape index (κ1) is 22.4. The van der Waals surface area contributed by atoms with Crippen LogP contribution in [-0.4, -0.2) is 60.0 Å². The third-order valence-electron chi connectivity index (χ3n) is 5.41. The van der Waals surface area contributed by atoms with Crippen molar-refractivity contribution in [2.45, 2.75) is 19.9 Å². The number of carbonyl (C=O) groups excluding carboxylic acids is 1. The Morgan fingerprint density at radius 2 is 2.00 bits per heavy atom. The van der Waals surface area contributed by atoms with Crippen molar-refractivity contribution in [2.24, 2.45) is 4.99 Å². The number of rotatable bonds is 8. The second-order valence-corrected chi connectivity index (χ2v) is 7.86. The van der Waals surface area contributed by atoms with Gasteiger partial charge in [-0.3, -0.25) is 9.79 Å². The monoisotopic (exact) mass is 446 g/mol. The molecule has 1 amide bonds.